The van der Waals surface area contributed by atoms with Crippen LogP contribution in [0, 0.1) is 0 Å². The van der Waals surface area contributed by atoms with Crippen molar-refractivity contribution >= 4 is 11.9 Å². The number of phenols is 2. The Kier molecular flexibility index (Phi) is 3.36. The van der Waals surface area contributed by atoms with Crippen molar-refractivity contribution in [2.24, 2.45) is 5.84 Å². The van der Waals surface area contributed by atoms with E-state index in [0.29, 0.717) is 10.6 Å². The molecule has 0 aliphatic heterocycles. The van der Waals surface area contributed by atoms with Crippen molar-refractivity contribution in [2.75, 3.05) is 5.01 Å². The van der Waals surface area contributed by atoms with Gasteiger partial charge in [0.25, 0.3) is 5.95 Å². The summed E-state index contributed by atoms with van der Waals surface area (Å²) in [6, 6.07) is 3.85. The van der Waals surface area contributed by atoms with Crippen molar-refractivity contribution in [1.82, 2.24) is 15.0 Å². The van der Waals surface area contributed by atoms with E-state index < -0.39 is 11.6 Å². The molecule has 0 aliphatic carbocycles. The minimum absolute atomic E-state index is 0.0481. The summed E-state index contributed by atoms with van der Waals surface area (Å²) in [7, 11) is 0. The quantitative estimate of drug-likeness (QED) is 0.250. The molecule has 0 radical (unpaired) electrons. The second-order valence-electron chi connectivity index (χ2n) is 3.89. The van der Waals surface area contributed by atoms with Gasteiger partial charge < -0.3 is 10.2 Å². The number of aromatic amines is 1. The lowest BCUT2D eigenvalue weighted by Gasteiger charge is -2.12. The number of aromatic hydroxyl groups is 2. The molecule has 0 spiro atoms. The highest BCUT2D eigenvalue weighted by Gasteiger charge is 2.13. The smallest absolute Gasteiger partial charge is 0.349 e. The number of hydrogen-bond acceptors (Lipinski definition) is 7. The van der Waals surface area contributed by atoms with Gasteiger partial charge in [-0.25, -0.2) is 15.6 Å². The molecule has 104 valence electrons. The molecule has 20 heavy (non-hydrogen) atoms. The van der Waals surface area contributed by atoms with Crippen LogP contribution in [0.3, 0.4) is 0 Å². The lowest BCUT2D eigenvalue weighted by atomic mass is 10.2. The number of hydrazine groups is 1. The first-order valence-corrected chi connectivity index (χ1v) is 5.44. The Balaban J connectivity index is 2.54. The summed E-state index contributed by atoms with van der Waals surface area (Å²) in [6.45, 7) is 1.19. The predicted octanol–water partition coefficient (Wildman–Crippen LogP) is -0.530. The van der Waals surface area contributed by atoms with Crippen LogP contribution >= 0.6 is 0 Å². The Labute approximate surface area is 112 Å². The summed E-state index contributed by atoms with van der Waals surface area (Å²) < 4.78 is 0. The highest BCUT2D eigenvalue weighted by molar-refractivity contribution is 5.88. The number of aromatic nitrogens is 3. The maximum atomic E-state index is 11.5. The van der Waals surface area contributed by atoms with Gasteiger partial charge in [-0.05, 0) is 18.2 Å². The third-order valence-corrected chi connectivity index (χ3v) is 2.44. The topological polar surface area (TPSA) is 145 Å². The van der Waals surface area contributed by atoms with Crippen LogP contribution in [-0.4, -0.2) is 31.1 Å². The normalized spacial score (nSPS) is 10.3. The van der Waals surface area contributed by atoms with Crippen molar-refractivity contribution in [3.05, 3.63) is 28.7 Å². The zero-order chi connectivity index (χ0) is 14.9. The average molecular weight is 277 g/mol. The number of nitrogens with two attached hydrogens (primary N) is 1. The molecular formula is C11H11N5O4. The third-order valence-electron chi connectivity index (χ3n) is 2.44. The second-order valence-corrected chi connectivity index (χ2v) is 3.89. The van der Waals surface area contributed by atoms with Gasteiger partial charge in [0, 0.05) is 12.5 Å². The number of hydrogen-bond donors (Lipinski definition) is 4. The van der Waals surface area contributed by atoms with Gasteiger partial charge in [-0.3, -0.25) is 9.78 Å². The van der Waals surface area contributed by atoms with Crippen LogP contribution in [0.4, 0.5) is 5.95 Å². The van der Waals surface area contributed by atoms with Crippen LogP contribution in [-0.2, 0) is 4.79 Å². The summed E-state index contributed by atoms with van der Waals surface area (Å²) in [4.78, 5) is 32.3. The van der Waals surface area contributed by atoms with E-state index in [1.54, 1.807) is 0 Å². The lowest BCUT2D eigenvalue weighted by molar-refractivity contribution is -0.116. The molecule has 5 N–H and O–H groups in total. The number of anilines is 1. The molecule has 2 aromatic rings. The summed E-state index contributed by atoms with van der Waals surface area (Å²) in [5, 5.41) is 19.3. The van der Waals surface area contributed by atoms with Crippen LogP contribution in [0.25, 0.3) is 11.4 Å². The van der Waals surface area contributed by atoms with E-state index >= 15 is 0 Å². The van der Waals surface area contributed by atoms with Gasteiger partial charge in [-0.1, -0.05) is 0 Å². The first-order valence-electron chi connectivity index (χ1n) is 5.44. The molecule has 2 rings (SSSR count). The molecule has 0 aliphatic rings. The highest BCUT2D eigenvalue weighted by Crippen LogP contribution is 2.28. The molecule has 9 nitrogen and oxygen atoms in total. The van der Waals surface area contributed by atoms with Gasteiger partial charge in [0.1, 0.15) is 5.82 Å². The fourth-order valence-corrected chi connectivity index (χ4v) is 1.43. The fraction of sp³-hybridized carbons (Fsp3) is 0.0909. The number of carbonyl (C=O) groups is 1. The molecule has 1 heterocycles. The molecule has 0 unspecified atom stereocenters. The largest absolute Gasteiger partial charge is 0.504 e. The van der Waals surface area contributed by atoms with Crippen LogP contribution in [0.2, 0.25) is 0 Å². The number of amides is 1. The molecule has 0 atom stereocenters. The summed E-state index contributed by atoms with van der Waals surface area (Å²) in [5.74, 6) is 3.97. The molecule has 0 bridgehead atoms. The van der Waals surface area contributed by atoms with Gasteiger partial charge in [0.2, 0.25) is 5.91 Å². The number of benzene rings is 1. The predicted molar refractivity (Wildman–Crippen MR) is 68.8 cm³/mol. The van der Waals surface area contributed by atoms with E-state index in [1.165, 1.54) is 25.1 Å². The number of rotatable bonds is 2. The van der Waals surface area contributed by atoms with Gasteiger partial charge >= 0.3 is 5.69 Å². The van der Waals surface area contributed by atoms with Crippen molar-refractivity contribution < 1.29 is 15.0 Å². The zero-order valence-electron chi connectivity index (χ0n) is 10.4. The molecule has 1 amide bonds. The number of carbonyl (C=O) groups excluding carboxylic acids is 1. The first-order chi connectivity index (χ1) is 9.38. The fourth-order valence-electron chi connectivity index (χ4n) is 1.43. The van der Waals surface area contributed by atoms with E-state index in [2.05, 4.69) is 15.0 Å². The Morgan fingerprint density at radius 1 is 1.30 bits per heavy atom. The SMILES string of the molecule is CC(=O)N(N)c1nc(-c2ccc(O)c(O)c2)[nH]c(=O)n1. The van der Waals surface area contributed by atoms with Crippen molar-refractivity contribution in [3.8, 4) is 22.9 Å². The maximum absolute atomic E-state index is 11.5. The molecular weight excluding hydrogens is 266 g/mol. The first kappa shape index (κ1) is 13.5. The van der Waals surface area contributed by atoms with Gasteiger partial charge in [0.05, 0.1) is 0 Å². The van der Waals surface area contributed by atoms with E-state index in [4.69, 9.17) is 5.84 Å². The lowest BCUT2D eigenvalue weighted by Crippen LogP contribution is -2.38. The van der Waals surface area contributed by atoms with Crippen LogP contribution in [0.1, 0.15) is 6.92 Å². The molecule has 9 heteroatoms. The molecule has 0 saturated heterocycles. The van der Waals surface area contributed by atoms with E-state index in [0.717, 1.165) is 0 Å². The summed E-state index contributed by atoms with van der Waals surface area (Å²) in [6.07, 6.45) is 0. The van der Waals surface area contributed by atoms with Crippen LogP contribution < -0.4 is 16.5 Å². The van der Waals surface area contributed by atoms with Gasteiger partial charge in [-0.15, -0.1) is 0 Å². The summed E-state index contributed by atoms with van der Waals surface area (Å²) in [5.41, 5.74) is -0.438. The Morgan fingerprint density at radius 3 is 2.60 bits per heavy atom. The number of nitrogens with zero attached hydrogens (tertiary/aromatic N) is 3. The zero-order valence-corrected chi connectivity index (χ0v) is 10.4. The minimum atomic E-state index is -0.755. The minimum Gasteiger partial charge on any atom is -0.504 e. The molecule has 0 fully saturated rings. The number of phenolic OH excluding ortho intramolecular Hbond substituents is 2. The standard InChI is InChI=1S/C11H11N5O4/c1-5(17)16(12)10-13-9(14-11(20)15-10)6-2-3-7(18)8(19)4-6/h2-4,18-19H,12H2,1H3,(H,13,14,15,20). The maximum Gasteiger partial charge on any atom is 0.349 e. The Hall–Kier alpha value is -2.94. The van der Waals surface area contributed by atoms with E-state index in [1.807, 2.05) is 0 Å². The molecule has 1 aromatic carbocycles. The number of H-pyrrole nitrogens is 1. The second kappa shape index (κ2) is 4.97. The highest BCUT2D eigenvalue weighted by atomic mass is 16.3. The average Bonchev–Trinajstić information content (AvgIpc) is 2.40. The van der Waals surface area contributed by atoms with Gasteiger partial charge in [-0.2, -0.15) is 9.97 Å². The third kappa shape index (κ3) is 2.57. The van der Waals surface area contributed by atoms with Crippen LogP contribution in [0.5, 0.6) is 11.5 Å². The van der Waals surface area contributed by atoms with Crippen molar-refractivity contribution in [3.63, 3.8) is 0 Å². The molecule has 0 saturated carbocycles. The van der Waals surface area contributed by atoms with Crippen molar-refractivity contribution in [2.45, 2.75) is 6.92 Å². The van der Waals surface area contributed by atoms with Gasteiger partial charge in [0.15, 0.2) is 11.5 Å². The van der Waals surface area contributed by atoms with Crippen molar-refractivity contribution in [1.29, 1.82) is 0 Å². The van der Waals surface area contributed by atoms with Crippen LogP contribution in [0.15, 0.2) is 23.0 Å². The summed E-state index contributed by atoms with van der Waals surface area (Å²) >= 11 is 0. The monoisotopic (exact) mass is 277 g/mol. The Morgan fingerprint density at radius 2 is 2.00 bits per heavy atom. The Bertz CT molecular complexity index is 727. The van der Waals surface area contributed by atoms with E-state index in [9.17, 15) is 19.8 Å². The number of nitrogens with one attached hydrogen (secondary N) is 1. The molecule has 1 aromatic heterocycles. The van der Waals surface area contributed by atoms with E-state index in [-0.39, 0.29) is 23.3 Å².